The average Bonchev–Trinajstić information content (AvgIpc) is 3.02. The van der Waals surface area contributed by atoms with E-state index < -0.39 is 0 Å². The molecule has 0 saturated carbocycles. The minimum absolute atomic E-state index is 0.171. The Kier molecular flexibility index (Phi) is 4.85. The predicted octanol–water partition coefficient (Wildman–Crippen LogP) is 5.06. The number of phenols is 1. The standard InChI is InChI=1S/C22H23NO3/c1-13-9-14(2)19(15(3)10-13)12-18-6-8-21(26-18)22(25)23-20-7-5-17(24)11-16(20)4/h5-11,24H,12H2,1-4H3,(H,23,25). The van der Waals surface area contributed by atoms with Gasteiger partial charge in [0.25, 0.3) is 5.91 Å². The second kappa shape index (κ2) is 7.08. The summed E-state index contributed by atoms with van der Waals surface area (Å²) in [5.74, 6) is 0.898. The molecule has 2 aromatic carbocycles. The number of hydrogen-bond acceptors (Lipinski definition) is 3. The van der Waals surface area contributed by atoms with Crippen LogP contribution in [0.4, 0.5) is 5.69 Å². The number of anilines is 1. The molecule has 0 aliphatic carbocycles. The van der Waals surface area contributed by atoms with Crippen molar-refractivity contribution in [2.75, 3.05) is 5.32 Å². The number of carbonyl (C=O) groups excluding carboxylic acids is 1. The van der Waals surface area contributed by atoms with E-state index in [4.69, 9.17) is 4.42 Å². The maximum atomic E-state index is 12.4. The molecule has 4 nitrogen and oxygen atoms in total. The van der Waals surface area contributed by atoms with Gasteiger partial charge in [-0.25, -0.2) is 0 Å². The fourth-order valence-corrected chi connectivity index (χ4v) is 3.23. The molecule has 0 unspecified atom stereocenters. The summed E-state index contributed by atoms with van der Waals surface area (Å²) >= 11 is 0. The summed E-state index contributed by atoms with van der Waals surface area (Å²) in [6.45, 7) is 8.11. The molecular weight excluding hydrogens is 326 g/mol. The first-order valence-corrected chi connectivity index (χ1v) is 8.60. The summed E-state index contributed by atoms with van der Waals surface area (Å²) in [5, 5.41) is 12.3. The molecule has 0 aliphatic heterocycles. The number of phenolic OH excluding ortho intramolecular Hbond substituents is 1. The van der Waals surface area contributed by atoms with Gasteiger partial charge in [0.1, 0.15) is 11.5 Å². The van der Waals surface area contributed by atoms with Crippen molar-refractivity contribution in [1.82, 2.24) is 0 Å². The molecular formula is C22H23NO3. The monoisotopic (exact) mass is 349 g/mol. The molecule has 0 fully saturated rings. The Morgan fingerprint density at radius 2 is 1.65 bits per heavy atom. The summed E-state index contributed by atoms with van der Waals surface area (Å²) in [7, 11) is 0. The third kappa shape index (κ3) is 3.80. The lowest BCUT2D eigenvalue weighted by molar-refractivity contribution is 0.0995. The largest absolute Gasteiger partial charge is 0.508 e. The first-order chi connectivity index (χ1) is 12.3. The van der Waals surface area contributed by atoms with E-state index >= 15 is 0 Å². The van der Waals surface area contributed by atoms with E-state index in [-0.39, 0.29) is 17.4 Å². The summed E-state index contributed by atoms with van der Waals surface area (Å²) in [6, 6.07) is 12.7. The molecule has 0 atom stereocenters. The zero-order chi connectivity index (χ0) is 18.8. The molecule has 134 valence electrons. The van der Waals surface area contributed by atoms with Crippen molar-refractivity contribution in [1.29, 1.82) is 0 Å². The zero-order valence-electron chi connectivity index (χ0n) is 15.5. The molecule has 2 N–H and O–H groups in total. The summed E-state index contributed by atoms with van der Waals surface area (Å²) in [5.41, 5.74) is 6.36. The smallest absolute Gasteiger partial charge is 0.291 e. The molecule has 4 heteroatoms. The van der Waals surface area contributed by atoms with Gasteiger partial charge in [0.15, 0.2) is 5.76 Å². The second-order valence-electron chi connectivity index (χ2n) is 6.77. The number of rotatable bonds is 4. The Balaban J connectivity index is 1.76. The van der Waals surface area contributed by atoms with E-state index in [1.165, 1.54) is 22.3 Å². The predicted molar refractivity (Wildman–Crippen MR) is 103 cm³/mol. The quantitative estimate of drug-likeness (QED) is 0.647. The van der Waals surface area contributed by atoms with Crippen LogP contribution in [0.25, 0.3) is 0 Å². The Hall–Kier alpha value is -3.01. The van der Waals surface area contributed by atoms with Crippen LogP contribution in [0.2, 0.25) is 0 Å². The molecule has 1 aromatic heterocycles. The Labute approximate surface area is 153 Å². The average molecular weight is 349 g/mol. The molecule has 3 aromatic rings. The Bertz CT molecular complexity index is 946. The highest BCUT2D eigenvalue weighted by molar-refractivity contribution is 6.02. The van der Waals surface area contributed by atoms with Gasteiger partial charge in [-0.05, 0) is 80.3 Å². The van der Waals surface area contributed by atoms with E-state index in [1.54, 1.807) is 24.3 Å². The van der Waals surface area contributed by atoms with E-state index in [0.29, 0.717) is 12.1 Å². The van der Waals surface area contributed by atoms with Gasteiger partial charge in [0.2, 0.25) is 0 Å². The van der Waals surface area contributed by atoms with Crippen LogP contribution in [0.5, 0.6) is 5.75 Å². The van der Waals surface area contributed by atoms with E-state index in [9.17, 15) is 9.90 Å². The van der Waals surface area contributed by atoms with Gasteiger partial charge >= 0.3 is 0 Å². The third-order valence-corrected chi connectivity index (χ3v) is 4.54. The summed E-state index contributed by atoms with van der Waals surface area (Å²) in [6.07, 6.45) is 0.656. The lowest BCUT2D eigenvalue weighted by atomic mass is 9.97. The number of nitrogens with one attached hydrogen (secondary N) is 1. The first kappa shape index (κ1) is 17.8. The fourth-order valence-electron chi connectivity index (χ4n) is 3.23. The van der Waals surface area contributed by atoms with Crippen LogP contribution in [-0.4, -0.2) is 11.0 Å². The number of aromatic hydroxyl groups is 1. The maximum Gasteiger partial charge on any atom is 0.291 e. The Morgan fingerprint density at radius 3 is 2.31 bits per heavy atom. The number of carbonyl (C=O) groups is 1. The van der Waals surface area contributed by atoms with Crippen LogP contribution in [0, 0.1) is 27.7 Å². The number of aryl methyl sites for hydroxylation is 4. The van der Waals surface area contributed by atoms with Gasteiger partial charge in [-0.15, -0.1) is 0 Å². The molecule has 0 spiro atoms. The van der Waals surface area contributed by atoms with Crippen molar-refractivity contribution < 1.29 is 14.3 Å². The van der Waals surface area contributed by atoms with Crippen LogP contribution in [0.15, 0.2) is 46.9 Å². The van der Waals surface area contributed by atoms with Crippen molar-refractivity contribution in [2.24, 2.45) is 0 Å². The lowest BCUT2D eigenvalue weighted by Gasteiger charge is -2.10. The minimum atomic E-state index is -0.303. The van der Waals surface area contributed by atoms with Crippen LogP contribution in [0.3, 0.4) is 0 Å². The number of benzene rings is 2. The zero-order valence-corrected chi connectivity index (χ0v) is 15.5. The Morgan fingerprint density at radius 1 is 0.962 bits per heavy atom. The van der Waals surface area contributed by atoms with E-state index in [0.717, 1.165) is 11.3 Å². The van der Waals surface area contributed by atoms with Gasteiger partial charge < -0.3 is 14.8 Å². The summed E-state index contributed by atoms with van der Waals surface area (Å²) < 4.78 is 5.76. The highest BCUT2D eigenvalue weighted by Crippen LogP contribution is 2.23. The van der Waals surface area contributed by atoms with E-state index in [1.807, 2.05) is 13.0 Å². The molecule has 26 heavy (non-hydrogen) atoms. The fraction of sp³-hybridized carbons (Fsp3) is 0.227. The van der Waals surface area contributed by atoms with Gasteiger partial charge in [-0.1, -0.05) is 17.7 Å². The topological polar surface area (TPSA) is 62.5 Å². The van der Waals surface area contributed by atoms with Crippen LogP contribution in [0.1, 0.15) is 44.1 Å². The number of furan rings is 1. The normalized spacial score (nSPS) is 10.8. The van der Waals surface area contributed by atoms with Gasteiger partial charge in [-0.2, -0.15) is 0 Å². The van der Waals surface area contributed by atoms with Crippen molar-refractivity contribution in [2.45, 2.75) is 34.1 Å². The molecule has 1 heterocycles. The van der Waals surface area contributed by atoms with Crippen LogP contribution in [-0.2, 0) is 6.42 Å². The lowest BCUT2D eigenvalue weighted by Crippen LogP contribution is -2.11. The van der Waals surface area contributed by atoms with Crippen LogP contribution >= 0.6 is 0 Å². The van der Waals surface area contributed by atoms with Crippen molar-refractivity contribution in [3.05, 3.63) is 81.8 Å². The highest BCUT2D eigenvalue weighted by atomic mass is 16.3. The third-order valence-electron chi connectivity index (χ3n) is 4.54. The minimum Gasteiger partial charge on any atom is -0.508 e. The highest BCUT2D eigenvalue weighted by Gasteiger charge is 2.14. The maximum absolute atomic E-state index is 12.4. The number of amides is 1. The van der Waals surface area contributed by atoms with Gasteiger partial charge in [0.05, 0.1) is 0 Å². The number of hydrogen-bond donors (Lipinski definition) is 2. The van der Waals surface area contributed by atoms with Crippen molar-refractivity contribution in [3.8, 4) is 5.75 Å². The molecule has 0 radical (unpaired) electrons. The van der Waals surface area contributed by atoms with Gasteiger partial charge in [0, 0.05) is 12.1 Å². The van der Waals surface area contributed by atoms with Crippen molar-refractivity contribution >= 4 is 11.6 Å². The first-order valence-electron chi connectivity index (χ1n) is 8.60. The van der Waals surface area contributed by atoms with E-state index in [2.05, 4.69) is 38.2 Å². The van der Waals surface area contributed by atoms with Crippen molar-refractivity contribution in [3.63, 3.8) is 0 Å². The molecule has 3 rings (SSSR count). The molecule has 0 saturated heterocycles. The molecule has 0 aliphatic rings. The van der Waals surface area contributed by atoms with Crippen LogP contribution < -0.4 is 5.32 Å². The molecule has 0 bridgehead atoms. The second-order valence-corrected chi connectivity index (χ2v) is 6.77. The SMILES string of the molecule is Cc1cc(C)c(Cc2ccc(C(=O)Nc3ccc(O)cc3C)o2)c(C)c1. The summed E-state index contributed by atoms with van der Waals surface area (Å²) in [4.78, 5) is 12.4. The van der Waals surface area contributed by atoms with Gasteiger partial charge in [-0.3, -0.25) is 4.79 Å². The molecule has 1 amide bonds.